The topological polar surface area (TPSA) is 101 Å². The molecule has 8 heteroatoms. The third-order valence-corrected chi connectivity index (χ3v) is 8.87. The average molecular weight is 547 g/mol. The van der Waals surface area contributed by atoms with Crippen LogP contribution in [0.5, 0.6) is 5.75 Å². The molecule has 3 aromatic carbocycles. The molecule has 2 bridgehead atoms. The highest BCUT2D eigenvalue weighted by atomic mass is 16.5. The van der Waals surface area contributed by atoms with Crippen molar-refractivity contribution < 1.29 is 28.7 Å². The van der Waals surface area contributed by atoms with Gasteiger partial charge in [-0.2, -0.15) is 0 Å². The first-order valence-corrected chi connectivity index (χ1v) is 13.7. The second-order valence-electron chi connectivity index (χ2n) is 11.0. The summed E-state index contributed by atoms with van der Waals surface area (Å²) in [7, 11) is 0. The third-order valence-electron chi connectivity index (χ3n) is 8.87. The van der Waals surface area contributed by atoms with Crippen molar-refractivity contribution in [2.75, 3.05) is 0 Å². The third kappa shape index (κ3) is 3.93. The number of nitrogens with zero attached hydrogens (tertiary/aromatic N) is 2. The Bertz CT molecular complexity index is 1520. The van der Waals surface area contributed by atoms with Crippen molar-refractivity contribution in [2.45, 2.75) is 13.1 Å². The monoisotopic (exact) mass is 546 g/mol. The van der Waals surface area contributed by atoms with Gasteiger partial charge in [0.25, 0.3) is 0 Å². The van der Waals surface area contributed by atoms with Crippen LogP contribution in [0.25, 0.3) is 0 Å². The van der Waals surface area contributed by atoms with Gasteiger partial charge in [-0.25, -0.2) is 4.79 Å². The highest BCUT2D eigenvalue weighted by molar-refractivity contribution is 6.12. The van der Waals surface area contributed by atoms with Crippen LogP contribution in [0.4, 0.5) is 0 Å². The molecule has 204 valence electrons. The van der Waals surface area contributed by atoms with Crippen molar-refractivity contribution in [3.63, 3.8) is 0 Å². The minimum absolute atomic E-state index is 0.0894. The second kappa shape index (κ2) is 9.66. The maximum atomic E-state index is 13.9. The number of hydrogen-bond donors (Lipinski definition) is 0. The highest BCUT2D eigenvalue weighted by Crippen LogP contribution is 2.60. The van der Waals surface area contributed by atoms with E-state index < -0.39 is 53.3 Å². The Morgan fingerprint density at radius 2 is 0.976 bits per heavy atom. The summed E-state index contributed by atoms with van der Waals surface area (Å²) < 4.78 is 5.65. The van der Waals surface area contributed by atoms with E-state index in [4.69, 9.17) is 4.74 Å². The number of carbonyl (C=O) groups is 5. The van der Waals surface area contributed by atoms with Crippen LogP contribution in [0.3, 0.4) is 0 Å². The molecule has 2 saturated heterocycles. The Labute approximate surface area is 236 Å². The summed E-state index contributed by atoms with van der Waals surface area (Å²) >= 11 is 0. The quantitative estimate of drug-likeness (QED) is 0.267. The number of rotatable bonds is 6. The molecule has 0 spiro atoms. The van der Waals surface area contributed by atoms with E-state index in [-0.39, 0.29) is 30.5 Å². The van der Waals surface area contributed by atoms with Gasteiger partial charge in [0, 0.05) is 17.4 Å². The number of benzene rings is 3. The van der Waals surface area contributed by atoms with E-state index in [0.717, 1.165) is 11.1 Å². The number of amides is 4. The maximum Gasteiger partial charge on any atom is 0.339 e. The number of imide groups is 2. The van der Waals surface area contributed by atoms with Crippen LogP contribution in [-0.2, 0) is 37.1 Å². The number of ether oxygens (including phenoxy) is 1. The minimum atomic E-state index is -0.944. The van der Waals surface area contributed by atoms with E-state index in [2.05, 4.69) is 0 Å². The van der Waals surface area contributed by atoms with Crippen LogP contribution in [0.1, 0.15) is 11.1 Å². The van der Waals surface area contributed by atoms with Crippen LogP contribution >= 0.6 is 0 Å². The molecule has 0 radical (unpaired) electrons. The summed E-state index contributed by atoms with van der Waals surface area (Å²) in [5, 5.41) is 0. The largest absolute Gasteiger partial charge is 0.423 e. The molecule has 3 aliphatic carbocycles. The van der Waals surface area contributed by atoms with Crippen LogP contribution in [0, 0.1) is 35.5 Å². The maximum absolute atomic E-state index is 13.9. The van der Waals surface area contributed by atoms with Crippen LogP contribution in [-0.4, -0.2) is 39.4 Å². The van der Waals surface area contributed by atoms with Gasteiger partial charge < -0.3 is 4.74 Å². The lowest BCUT2D eigenvalue weighted by molar-refractivity contribution is -0.142. The fraction of sp³-hybridized carbons (Fsp3) is 0.242. The van der Waals surface area contributed by atoms with Gasteiger partial charge in [-0.1, -0.05) is 84.9 Å². The lowest BCUT2D eigenvalue weighted by atomic mass is 9.52. The Morgan fingerprint density at radius 1 is 0.561 bits per heavy atom. The van der Waals surface area contributed by atoms with E-state index in [1.807, 2.05) is 60.7 Å². The number of hydrogen-bond acceptors (Lipinski definition) is 6. The van der Waals surface area contributed by atoms with Crippen molar-refractivity contribution in [1.29, 1.82) is 0 Å². The number of likely N-dealkylation sites (tertiary alicyclic amines) is 2. The fourth-order valence-electron chi connectivity index (χ4n) is 7.18. The number of allylic oxidation sites excluding steroid dienone is 1. The molecule has 8 rings (SSSR count). The first-order chi connectivity index (χ1) is 19.9. The lowest BCUT2D eigenvalue weighted by Crippen LogP contribution is -2.53. The molecule has 2 aliphatic heterocycles. The van der Waals surface area contributed by atoms with Crippen molar-refractivity contribution in [3.05, 3.63) is 114 Å². The molecule has 3 fully saturated rings. The van der Waals surface area contributed by atoms with Gasteiger partial charge in [0.15, 0.2) is 0 Å². The van der Waals surface area contributed by atoms with Gasteiger partial charge in [0.05, 0.1) is 36.8 Å². The molecule has 5 aliphatic rings. The molecule has 0 aromatic heterocycles. The first kappa shape index (κ1) is 25.1. The molecule has 6 atom stereocenters. The van der Waals surface area contributed by atoms with Gasteiger partial charge >= 0.3 is 5.97 Å². The van der Waals surface area contributed by atoms with Crippen LogP contribution < -0.4 is 4.74 Å². The Balaban J connectivity index is 1.27. The molecular weight excluding hydrogens is 520 g/mol. The summed E-state index contributed by atoms with van der Waals surface area (Å²) in [4.78, 5) is 71.5. The molecular formula is C33H26N2O6. The lowest BCUT2D eigenvalue weighted by Gasteiger charge is -2.46. The predicted molar refractivity (Wildman–Crippen MR) is 145 cm³/mol. The van der Waals surface area contributed by atoms with Gasteiger partial charge in [-0.3, -0.25) is 29.0 Å². The van der Waals surface area contributed by atoms with Crippen LogP contribution in [0.2, 0.25) is 0 Å². The standard InChI is InChI=1S/C33H26N2O6/c36-29-25-22-16-23(33(40)41-21-14-8-3-9-15-21)24(27(25)31(38)34(29)17-19-10-4-1-5-11-19)28-26(22)30(37)35(32(28)39)18-20-12-6-2-7-13-20/h1-16,22,24-28H,17-18H2/t22?,24?,25-,26?,27+,28+/m1/s1. The predicted octanol–water partition coefficient (Wildman–Crippen LogP) is 3.38. The smallest absolute Gasteiger partial charge is 0.339 e. The van der Waals surface area contributed by atoms with E-state index in [1.54, 1.807) is 36.4 Å². The number of para-hydroxylation sites is 1. The summed E-state index contributed by atoms with van der Waals surface area (Å²) in [6.07, 6.45) is 1.63. The minimum Gasteiger partial charge on any atom is -0.423 e. The van der Waals surface area contributed by atoms with Gasteiger partial charge in [0.2, 0.25) is 23.6 Å². The second-order valence-corrected chi connectivity index (χ2v) is 11.0. The molecule has 3 unspecified atom stereocenters. The first-order valence-electron chi connectivity index (χ1n) is 13.7. The molecule has 4 amide bonds. The fourth-order valence-corrected chi connectivity index (χ4v) is 7.18. The Hall–Kier alpha value is -4.85. The average Bonchev–Trinajstić information content (AvgIpc) is 3.41. The Morgan fingerprint density at radius 3 is 1.44 bits per heavy atom. The molecule has 8 nitrogen and oxygen atoms in total. The van der Waals surface area contributed by atoms with Crippen molar-refractivity contribution in [1.82, 2.24) is 9.80 Å². The summed E-state index contributed by atoms with van der Waals surface area (Å²) in [5.41, 5.74) is 1.77. The number of carbonyl (C=O) groups excluding carboxylic acids is 5. The van der Waals surface area contributed by atoms with Gasteiger partial charge in [-0.05, 0) is 23.3 Å². The van der Waals surface area contributed by atoms with E-state index >= 15 is 0 Å². The van der Waals surface area contributed by atoms with Crippen molar-refractivity contribution in [2.24, 2.45) is 35.5 Å². The molecule has 41 heavy (non-hydrogen) atoms. The molecule has 3 aromatic rings. The van der Waals surface area contributed by atoms with E-state index in [0.29, 0.717) is 5.75 Å². The SMILES string of the molecule is O=C(Oc1ccccc1)C1=CC2C3C(=O)N(Cc4ccccc4)C(=O)[C@H]3C1[C@@H]1C(=O)N(Cc3ccccc3)C(=O)[C@H]21. The highest BCUT2D eigenvalue weighted by Gasteiger charge is 2.70. The molecule has 1 saturated carbocycles. The molecule has 0 N–H and O–H groups in total. The van der Waals surface area contributed by atoms with Crippen LogP contribution in [0.15, 0.2) is 103 Å². The zero-order valence-electron chi connectivity index (χ0n) is 22.0. The van der Waals surface area contributed by atoms with Gasteiger partial charge in [-0.15, -0.1) is 0 Å². The van der Waals surface area contributed by atoms with Gasteiger partial charge in [0.1, 0.15) is 5.75 Å². The number of esters is 1. The summed E-state index contributed by atoms with van der Waals surface area (Å²) in [6.45, 7) is 0.179. The van der Waals surface area contributed by atoms with E-state index in [9.17, 15) is 24.0 Å². The summed E-state index contributed by atoms with van der Waals surface area (Å²) in [5.74, 6) is -7.13. The van der Waals surface area contributed by atoms with Crippen molar-refractivity contribution >= 4 is 29.6 Å². The molecule has 2 heterocycles. The normalized spacial score (nSPS) is 28.0. The van der Waals surface area contributed by atoms with Crippen molar-refractivity contribution in [3.8, 4) is 5.75 Å². The Kier molecular flexibility index (Phi) is 5.92. The zero-order valence-corrected chi connectivity index (χ0v) is 22.0. The zero-order chi connectivity index (χ0) is 28.2. The van der Waals surface area contributed by atoms with E-state index in [1.165, 1.54) is 9.80 Å². The summed E-state index contributed by atoms with van der Waals surface area (Å²) in [6, 6.07) is 26.9.